The zero-order valence-electron chi connectivity index (χ0n) is 9.52. The van der Waals surface area contributed by atoms with Crippen LogP contribution in [-0.4, -0.2) is 33.3 Å². The van der Waals surface area contributed by atoms with Gasteiger partial charge < -0.3 is 15.0 Å². The van der Waals surface area contributed by atoms with Gasteiger partial charge in [-0.1, -0.05) is 0 Å². The highest BCUT2D eigenvalue weighted by Crippen LogP contribution is 2.19. The van der Waals surface area contributed by atoms with E-state index in [1.165, 1.54) is 18.5 Å². The van der Waals surface area contributed by atoms with E-state index < -0.39 is 0 Å². The summed E-state index contributed by atoms with van der Waals surface area (Å²) in [4.78, 5) is 4.51. The van der Waals surface area contributed by atoms with E-state index in [9.17, 15) is 5.11 Å². The summed E-state index contributed by atoms with van der Waals surface area (Å²) in [6, 6.07) is 0.588. The lowest BCUT2D eigenvalue weighted by Gasteiger charge is -2.22. The number of rotatable bonds is 2. The molecule has 0 saturated carbocycles. The fraction of sp³-hybridized carbons (Fsp3) is 0.750. The third-order valence-corrected chi connectivity index (χ3v) is 3.74. The van der Waals surface area contributed by atoms with E-state index in [0.717, 1.165) is 38.2 Å². The first kappa shape index (κ1) is 10.3. The van der Waals surface area contributed by atoms with Crippen LogP contribution in [0.5, 0.6) is 0 Å². The summed E-state index contributed by atoms with van der Waals surface area (Å²) in [5.74, 6) is 1.15. The normalized spacial score (nSPS) is 29.3. The van der Waals surface area contributed by atoms with Gasteiger partial charge in [0.2, 0.25) is 0 Å². The molecule has 4 heteroatoms. The number of aryl methyl sites for hydroxylation is 1. The molecule has 0 amide bonds. The number of hydrogen-bond donors (Lipinski definition) is 2. The topological polar surface area (TPSA) is 50.1 Å². The predicted molar refractivity (Wildman–Crippen MR) is 61.3 cm³/mol. The van der Waals surface area contributed by atoms with Crippen molar-refractivity contribution in [1.82, 2.24) is 14.9 Å². The average molecular weight is 221 g/mol. The molecule has 3 heterocycles. The van der Waals surface area contributed by atoms with Crippen LogP contribution < -0.4 is 5.32 Å². The van der Waals surface area contributed by atoms with Gasteiger partial charge in [-0.05, 0) is 32.2 Å². The van der Waals surface area contributed by atoms with Gasteiger partial charge in [0.25, 0.3) is 0 Å². The summed E-state index contributed by atoms with van der Waals surface area (Å²) < 4.78 is 2.22. The number of aliphatic hydroxyl groups excluding tert-OH is 1. The summed E-state index contributed by atoms with van der Waals surface area (Å²) in [7, 11) is 0. The van der Waals surface area contributed by atoms with E-state index in [1.807, 2.05) is 6.20 Å². The molecule has 2 aliphatic heterocycles. The zero-order valence-corrected chi connectivity index (χ0v) is 9.52. The zero-order chi connectivity index (χ0) is 11.0. The van der Waals surface area contributed by atoms with Crippen molar-refractivity contribution in [2.24, 2.45) is 0 Å². The molecule has 2 unspecified atom stereocenters. The summed E-state index contributed by atoms with van der Waals surface area (Å²) in [6.07, 6.45) is 7.19. The van der Waals surface area contributed by atoms with Crippen LogP contribution in [0.15, 0.2) is 6.20 Å². The van der Waals surface area contributed by atoms with Gasteiger partial charge in [0.05, 0.1) is 12.6 Å². The van der Waals surface area contributed by atoms with Gasteiger partial charge in [0.15, 0.2) is 0 Å². The number of imidazole rings is 1. The van der Waals surface area contributed by atoms with Crippen LogP contribution in [0, 0.1) is 0 Å². The fourth-order valence-electron chi connectivity index (χ4n) is 2.81. The maximum absolute atomic E-state index is 9.70. The largest absolute Gasteiger partial charge is 0.391 e. The lowest BCUT2D eigenvalue weighted by Crippen LogP contribution is -2.29. The molecule has 0 spiro atoms. The lowest BCUT2D eigenvalue weighted by atomic mass is 10.1. The van der Waals surface area contributed by atoms with Crippen molar-refractivity contribution >= 4 is 0 Å². The quantitative estimate of drug-likeness (QED) is 0.764. The third-order valence-electron chi connectivity index (χ3n) is 3.74. The minimum Gasteiger partial charge on any atom is -0.391 e. The fourth-order valence-corrected chi connectivity index (χ4v) is 2.81. The molecule has 3 rings (SSSR count). The first-order valence-electron chi connectivity index (χ1n) is 6.27. The van der Waals surface area contributed by atoms with E-state index in [2.05, 4.69) is 14.9 Å². The van der Waals surface area contributed by atoms with E-state index in [-0.39, 0.29) is 6.10 Å². The Kier molecular flexibility index (Phi) is 2.69. The molecule has 1 aromatic rings. The van der Waals surface area contributed by atoms with Crippen molar-refractivity contribution in [3.8, 4) is 0 Å². The predicted octanol–water partition coefficient (Wildman–Crippen LogP) is 0.485. The Balaban J connectivity index is 1.77. The Labute approximate surface area is 95.7 Å². The maximum Gasteiger partial charge on any atom is 0.110 e. The SMILES string of the molecule is OC1CCc2cnc(CC3CCCN3)n2C1. The molecule has 2 aliphatic rings. The molecule has 1 saturated heterocycles. The summed E-state index contributed by atoms with van der Waals surface area (Å²) in [5, 5.41) is 13.2. The van der Waals surface area contributed by atoms with Crippen LogP contribution in [0.25, 0.3) is 0 Å². The first-order valence-corrected chi connectivity index (χ1v) is 6.27. The first-order chi connectivity index (χ1) is 7.83. The number of fused-ring (bicyclic) bond motifs is 1. The summed E-state index contributed by atoms with van der Waals surface area (Å²) >= 11 is 0. The highest BCUT2D eigenvalue weighted by Gasteiger charge is 2.22. The molecule has 0 aromatic carbocycles. The van der Waals surface area contributed by atoms with Gasteiger partial charge in [-0.15, -0.1) is 0 Å². The van der Waals surface area contributed by atoms with Crippen molar-refractivity contribution in [1.29, 1.82) is 0 Å². The van der Waals surface area contributed by atoms with E-state index in [4.69, 9.17) is 0 Å². The van der Waals surface area contributed by atoms with Crippen LogP contribution in [0.4, 0.5) is 0 Å². The number of hydrogen-bond acceptors (Lipinski definition) is 3. The Bertz CT molecular complexity index is 368. The molecule has 0 radical (unpaired) electrons. The molecule has 2 atom stereocenters. The van der Waals surface area contributed by atoms with Crippen LogP contribution in [-0.2, 0) is 19.4 Å². The second-order valence-electron chi connectivity index (χ2n) is 4.97. The summed E-state index contributed by atoms with van der Waals surface area (Å²) in [5.41, 5.74) is 1.29. The van der Waals surface area contributed by atoms with Crippen LogP contribution in [0.1, 0.15) is 30.8 Å². The number of aliphatic hydroxyl groups is 1. The molecule has 0 bridgehead atoms. The van der Waals surface area contributed by atoms with Crippen molar-refractivity contribution < 1.29 is 5.11 Å². The van der Waals surface area contributed by atoms with E-state index in [0.29, 0.717) is 6.04 Å². The number of nitrogens with one attached hydrogen (secondary N) is 1. The average Bonchev–Trinajstić information content (AvgIpc) is 2.90. The van der Waals surface area contributed by atoms with Crippen LogP contribution in [0.2, 0.25) is 0 Å². The van der Waals surface area contributed by atoms with E-state index in [1.54, 1.807) is 0 Å². The van der Waals surface area contributed by atoms with Gasteiger partial charge in [0, 0.05) is 24.4 Å². The molecule has 2 N–H and O–H groups in total. The van der Waals surface area contributed by atoms with Crippen molar-refractivity contribution in [2.75, 3.05) is 6.54 Å². The Morgan fingerprint density at radius 3 is 3.25 bits per heavy atom. The summed E-state index contributed by atoms with van der Waals surface area (Å²) in [6.45, 7) is 1.87. The minimum absolute atomic E-state index is 0.183. The number of aromatic nitrogens is 2. The Morgan fingerprint density at radius 2 is 2.44 bits per heavy atom. The molecule has 0 aliphatic carbocycles. The van der Waals surface area contributed by atoms with Crippen molar-refractivity contribution in [2.45, 2.75) is 50.8 Å². The molecule has 1 aromatic heterocycles. The lowest BCUT2D eigenvalue weighted by molar-refractivity contribution is 0.130. The van der Waals surface area contributed by atoms with Gasteiger partial charge in [0.1, 0.15) is 5.82 Å². The van der Waals surface area contributed by atoms with Crippen LogP contribution in [0.3, 0.4) is 0 Å². The second kappa shape index (κ2) is 4.18. The molecule has 4 nitrogen and oxygen atoms in total. The third kappa shape index (κ3) is 1.87. The maximum atomic E-state index is 9.70. The van der Waals surface area contributed by atoms with Crippen molar-refractivity contribution in [3.63, 3.8) is 0 Å². The van der Waals surface area contributed by atoms with Crippen LogP contribution >= 0.6 is 0 Å². The van der Waals surface area contributed by atoms with Gasteiger partial charge in [-0.2, -0.15) is 0 Å². The Hall–Kier alpha value is -0.870. The highest BCUT2D eigenvalue weighted by molar-refractivity contribution is 5.10. The van der Waals surface area contributed by atoms with Gasteiger partial charge in [-0.25, -0.2) is 4.98 Å². The van der Waals surface area contributed by atoms with E-state index >= 15 is 0 Å². The molecule has 16 heavy (non-hydrogen) atoms. The number of nitrogens with zero attached hydrogens (tertiary/aromatic N) is 2. The monoisotopic (exact) mass is 221 g/mol. The van der Waals surface area contributed by atoms with Gasteiger partial charge >= 0.3 is 0 Å². The standard InChI is InChI=1S/C12H19N3O/c16-11-4-3-10-7-14-12(15(10)8-11)6-9-2-1-5-13-9/h7,9,11,13,16H,1-6,8H2. The Morgan fingerprint density at radius 1 is 1.50 bits per heavy atom. The van der Waals surface area contributed by atoms with Gasteiger partial charge in [-0.3, -0.25) is 0 Å². The second-order valence-corrected chi connectivity index (χ2v) is 4.97. The molecule has 88 valence electrons. The molecule has 1 fully saturated rings. The molecular weight excluding hydrogens is 202 g/mol. The van der Waals surface area contributed by atoms with Crippen molar-refractivity contribution in [3.05, 3.63) is 17.7 Å². The minimum atomic E-state index is -0.183. The molecular formula is C12H19N3O. The highest BCUT2D eigenvalue weighted by atomic mass is 16.3. The smallest absolute Gasteiger partial charge is 0.110 e.